The van der Waals surface area contributed by atoms with Gasteiger partial charge in [-0.3, -0.25) is 4.31 Å². The summed E-state index contributed by atoms with van der Waals surface area (Å²) in [5, 5.41) is 0.149. The highest BCUT2D eigenvalue weighted by Gasteiger charge is 2.36. The molecule has 5 nitrogen and oxygen atoms in total. The average Bonchev–Trinajstić information content (AvgIpc) is 2.90. The van der Waals surface area contributed by atoms with Crippen LogP contribution in [0, 0.1) is 0 Å². The predicted octanol–water partition coefficient (Wildman–Crippen LogP) is 3.27. The van der Waals surface area contributed by atoms with Crippen LogP contribution in [0.15, 0.2) is 47.4 Å². The molecule has 0 N–H and O–H groups in total. The van der Waals surface area contributed by atoms with Crippen LogP contribution < -0.4 is 4.31 Å². The van der Waals surface area contributed by atoms with E-state index in [0.717, 1.165) is 5.56 Å². The molecule has 126 valence electrons. The molecule has 2 aromatic carbocycles. The van der Waals surface area contributed by atoms with Gasteiger partial charge in [0.25, 0.3) is 10.0 Å². The molecule has 0 fully saturated rings. The van der Waals surface area contributed by atoms with Gasteiger partial charge in [-0.05, 0) is 43.2 Å². The van der Waals surface area contributed by atoms with Crippen molar-refractivity contribution in [3.63, 3.8) is 0 Å². The van der Waals surface area contributed by atoms with E-state index in [0.29, 0.717) is 12.1 Å². The zero-order valence-electron chi connectivity index (χ0n) is 13.2. The van der Waals surface area contributed by atoms with E-state index in [1.54, 1.807) is 12.1 Å². The van der Waals surface area contributed by atoms with Crippen LogP contribution in [-0.4, -0.2) is 27.5 Å². The minimum atomic E-state index is -3.82. The largest absolute Gasteiger partial charge is 0.465 e. The SMILES string of the molecule is COC(=O)c1cc(S(=O)(=O)N2c3ccccc3CC2C)ccc1Cl. The summed E-state index contributed by atoms with van der Waals surface area (Å²) < 4.78 is 32.3. The molecule has 24 heavy (non-hydrogen) atoms. The van der Waals surface area contributed by atoms with E-state index >= 15 is 0 Å². The third kappa shape index (κ3) is 2.65. The zero-order chi connectivity index (χ0) is 17.5. The lowest BCUT2D eigenvalue weighted by Gasteiger charge is -2.24. The van der Waals surface area contributed by atoms with Crippen molar-refractivity contribution in [3.8, 4) is 0 Å². The van der Waals surface area contributed by atoms with Crippen LogP contribution in [0.1, 0.15) is 22.8 Å². The molecule has 0 saturated heterocycles. The number of ether oxygens (including phenoxy) is 1. The Labute approximate surface area is 145 Å². The van der Waals surface area contributed by atoms with Gasteiger partial charge in [0.15, 0.2) is 0 Å². The normalized spacial score (nSPS) is 16.8. The number of carbonyl (C=O) groups is 1. The third-order valence-electron chi connectivity index (χ3n) is 4.04. The number of hydrogen-bond acceptors (Lipinski definition) is 4. The van der Waals surface area contributed by atoms with E-state index in [9.17, 15) is 13.2 Å². The second-order valence-corrected chi connectivity index (χ2v) is 7.84. The quantitative estimate of drug-likeness (QED) is 0.783. The Kier molecular flexibility index (Phi) is 4.27. The molecule has 3 rings (SSSR count). The fourth-order valence-electron chi connectivity index (χ4n) is 2.95. The van der Waals surface area contributed by atoms with Crippen molar-refractivity contribution in [2.75, 3.05) is 11.4 Å². The van der Waals surface area contributed by atoms with Crippen molar-refractivity contribution < 1.29 is 17.9 Å². The van der Waals surface area contributed by atoms with E-state index in [4.69, 9.17) is 11.6 Å². The number of nitrogens with zero attached hydrogens (tertiary/aromatic N) is 1. The fourth-order valence-corrected chi connectivity index (χ4v) is 4.86. The maximum absolute atomic E-state index is 13.1. The van der Waals surface area contributed by atoms with Gasteiger partial charge in [0, 0.05) is 6.04 Å². The molecule has 0 saturated carbocycles. The number of rotatable bonds is 3. The Morgan fingerprint density at radius 3 is 2.67 bits per heavy atom. The molecule has 1 atom stereocenters. The zero-order valence-corrected chi connectivity index (χ0v) is 14.8. The lowest BCUT2D eigenvalue weighted by Crippen LogP contribution is -2.35. The average molecular weight is 366 g/mol. The monoisotopic (exact) mass is 365 g/mol. The first-order chi connectivity index (χ1) is 11.4. The number of anilines is 1. The number of methoxy groups -OCH3 is 1. The summed E-state index contributed by atoms with van der Waals surface area (Å²) in [6.07, 6.45) is 0.646. The summed E-state index contributed by atoms with van der Waals surface area (Å²) in [4.78, 5) is 11.8. The molecule has 0 radical (unpaired) electrons. The number of halogens is 1. The first-order valence-corrected chi connectivity index (χ1v) is 9.18. The summed E-state index contributed by atoms with van der Waals surface area (Å²) in [5.41, 5.74) is 1.68. The predicted molar refractivity (Wildman–Crippen MR) is 92.1 cm³/mol. The molecule has 1 aliphatic heterocycles. The molecule has 7 heteroatoms. The Balaban J connectivity index is 2.11. The highest BCUT2D eigenvalue weighted by Crippen LogP contribution is 2.37. The Morgan fingerprint density at radius 2 is 1.96 bits per heavy atom. The van der Waals surface area contributed by atoms with Gasteiger partial charge < -0.3 is 4.74 Å². The van der Waals surface area contributed by atoms with Crippen molar-refractivity contribution >= 4 is 33.3 Å². The van der Waals surface area contributed by atoms with Gasteiger partial charge in [0.1, 0.15) is 0 Å². The van der Waals surface area contributed by atoms with Gasteiger partial charge in [-0.25, -0.2) is 13.2 Å². The van der Waals surface area contributed by atoms with Crippen molar-refractivity contribution in [1.29, 1.82) is 0 Å². The third-order valence-corrected chi connectivity index (χ3v) is 6.30. The van der Waals surface area contributed by atoms with Gasteiger partial charge >= 0.3 is 5.97 Å². The van der Waals surface area contributed by atoms with Crippen LogP contribution in [0.2, 0.25) is 5.02 Å². The van der Waals surface area contributed by atoms with Crippen LogP contribution in [0.4, 0.5) is 5.69 Å². The molecule has 1 heterocycles. The molecule has 1 unspecified atom stereocenters. The first-order valence-electron chi connectivity index (χ1n) is 7.36. The topological polar surface area (TPSA) is 63.7 Å². The first kappa shape index (κ1) is 16.8. The Hall–Kier alpha value is -2.05. The summed E-state index contributed by atoms with van der Waals surface area (Å²) >= 11 is 5.98. The maximum Gasteiger partial charge on any atom is 0.339 e. The number of carbonyl (C=O) groups excluding carboxylic acids is 1. The van der Waals surface area contributed by atoms with Crippen LogP contribution in [0.5, 0.6) is 0 Å². The molecule has 0 aromatic heterocycles. The molecule has 2 aromatic rings. The summed E-state index contributed by atoms with van der Waals surface area (Å²) in [7, 11) is -2.59. The molecule has 0 bridgehead atoms. The van der Waals surface area contributed by atoms with Crippen LogP contribution in [-0.2, 0) is 21.2 Å². The van der Waals surface area contributed by atoms with E-state index in [-0.39, 0.29) is 21.5 Å². The highest BCUT2D eigenvalue weighted by molar-refractivity contribution is 7.92. The molecule has 1 aliphatic rings. The standard InChI is InChI=1S/C17H16ClNO4S/c1-11-9-12-5-3-4-6-16(12)19(11)24(21,22)13-7-8-15(18)14(10-13)17(20)23-2/h3-8,10-11H,9H2,1-2H3. The van der Waals surface area contributed by atoms with Gasteiger partial charge in [-0.2, -0.15) is 0 Å². The summed E-state index contributed by atoms with van der Waals surface area (Å²) in [6.45, 7) is 1.86. The van der Waals surface area contributed by atoms with Gasteiger partial charge in [-0.15, -0.1) is 0 Å². The molecular weight excluding hydrogens is 350 g/mol. The van der Waals surface area contributed by atoms with E-state index in [1.165, 1.54) is 29.6 Å². The van der Waals surface area contributed by atoms with Crippen molar-refractivity contribution in [2.24, 2.45) is 0 Å². The Morgan fingerprint density at radius 1 is 1.25 bits per heavy atom. The number of hydrogen-bond donors (Lipinski definition) is 0. The number of esters is 1. The number of fused-ring (bicyclic) bond motifs is 1. The van der Waals surface area contributed by atoms with Gasteiger partial charge in [0.2, 0.25) is 0 Å². The number of sulfonamides is 1. The maximum atomic E-state index is 13.1. The second-order valence-electron chi connectivity index (χ2n) is 5.62. The second kappa shape index (κ2) is 6.11. The van der Waals surface area contributed by atoms with Gasteiger partial charge in [0.05, 0.1) is 28.3 Å². The Bertz CT molecular complexity index is 911. The van der Waals surface area contributed by atoms with Crippen LogP contribution >= 0.6 is 11.6 Å². The van der Waals surface area contributed by atoms with Crippen molar-refractivity contribution in [2.45, 2.75) is 24.3 Å². The molecule has 0 aliphatic carbocycles. The van der Waals surface area contributed by atoms with E-state index < -0.39 is 16.0 Å². The lowest BCUT2D eigenvalue weighted by molar-refractivity contribution is 0.0600. The van der Waals surface area contributed by atoms with Gasteiger partial charge in [-0.1, -0.05) is 29.8 Å². The van der Waals surface area contributed by atoms with Crippen molar-refractivity contribution in [1.82, 2.24) is 0 Å². The smallest absolute Gasteiger partial charge is 0.339 e. The van der Waals surface area contributed by atoms with Crippen LogP contribution in [0.3, 0.4) is 0 Å². The minimum Gasteiger partial charge on any atom is -0.465 e. The molecular formula is C17H16ClNO4S. The van der Waals surface area contributed by atoms with Crippen LogP contribution in [0.25, 0.3) is 0 Å². The molecule has 0 amide bonds. The minimum absolute atomic E-state index is 0.0100. The highest BCUT2D eigenvalue weighted by atomic mass is 35.5. The molecule has 0 spiro atoms. The van der Waals surface area contributed by atoms with E-state index in [1.807, 2.05) is 19.1 Å². The summed E-state index contributed by atoms with van der Waals surface area (Å²) in [6, 6.07) is 11.3. The fraction of sp³-hybridized carbons (Fsp3) is 0.235. The van der Waals surface area contributed by atoms with Crippen molar-refractivity contribution in [3.05, 3.63) is 58.6 Å². The number of para-hydroxylation sites is 1. The lowest BCUT2D eigenvalue weighted by atomic mass is 10.1. The van der Waals surface area contributed by atoms with E-state index in [2.05, 4.69) is 4.74 Å². The summed E-state index contributed by atoms with van der Waals surface area (Å²) in [5.74, 6) is -0.674. The number of benzene rings is 2.